The van der Waals surface area contributed by atoms with Crippen LogP contribution in [0.15, 0.2) is 24.3 Å². The standard InChI is InChI=1S/C15H26N2O3/c1-12(11-20-3)17(7-8-19-2)10-15(18)13-5-4-6-14(16)9-13/h4-6,9,12,15,18H,7-8,10-11,16H2,1-3H3. The van der Waals surface area contributed by atoms with Crippen LogP contribution in [0, 0.1) is 0 Å². The van der Waals surface area contributed by atoms with Gasteiger partial charge >= 0.3 is 0 Å². The number of nitrogens with two attached hydrogens (primary N) is 1. The topological polar surface area (TPSA) is 68.0 Å². The molecule has 20 heavy (non-hydrogen) atoms. The monoisotopic (exact) mass is 282 g/mol. The summed E-state index contributed by atoms with van der Waals surface area (Å²) in [5, 5.41) is 10.4. The Morgan fingerprint density at radius 2 is 2.05 bits per heavy atom. The summed E-state index contributed by atoms with van der Waals surface area (Å²) in [7, 11) is 3.35. The Labute approximate surface area is 121 Å². The molecular formula is C15H26N2O3. The first-order valence-electron chi connectivity index (χ1n) is 6.84. The summed E-state index contributed by atoms with van der Waals surface area (Å²) in [6, 6.07) is 7.57. The highest BCUT2D eigenvalue weighted by Gasteiger charge is 2.18. The van der Waals surface area contributed by atoms with E-state index in [4.69, 9.17) is 15.2 Å². The lowest BCUT2D eigenvalue weighted by Gasteiger charge is -2.30. The SMILES string of the molecule is COCCN(CC(O)c1cccc(N)c1)C(C)COC. The third-order valence-electron chi connectivity index (χ3n) is 3.32. The maximum Gasteiger partial charge on any atom is 0.0917 e. The fraction of sp³-hybridized carbons (Fsp3) is 0.600. The zero-order chi connectivity index (χ0) is 15.0. The smallest absolute Gasteiger partial charge is 0.0917 e. The molecule has 3 N–H and O–H groups in total. The summed E-state index contributed by atoms with van der Waals surface area (Å²) in [5.41, 5.74) is 7.24. The van der Waals surface area contributed by atoms with E-state index in [9.17, 15) is 5.11 Å². The molecule has 0 radical (unpaired) electrons. The molecule has 2 unspecified atom stereocenters. The fourth-order valence-corrected chi connectivity index (χ4v) is 2.14. The molecule has 0 aliphatic heterocycles. The van der Waals surface area contributed by atoms with Gasteiger partial charge in [-0.3, -0.25) is 4.90 Å². The molecule has 1 rings (SSSR count). The molecule has 0 saturated carbocycles. The van der Waals surface area contributed by atoms with Gasteiger partial charge in [0.15, 0.2) is 0 Å². The van der Waals surface area contributed by atoms with E-state index in [1.54, 1.807) is 20.3 Å². The van der Waals surface area contributed by atoms with Crippen LogP contribution in [0.3, 0.4) is 0 Å². The van der Waals surface area contributed by atoms with Crippen LogP contribution >= 0.6 is 0 Å². The van der Waals surface area contributed by atoms with E-state index in [1.807, 2.05) is 18.2 Å². The molecule has 0 heterocycles. The van der Waals surface area contributed by atoms with E-state index in [0.717, 1.165) is 12.1 Å². The summed E-state index contributed by atoms with van der Waals surface area (Å²) < 4.78 is 10.3. The van der Waals surface area contributed by atoms with Gasteiger partial charge in [0.2, 0.25) is 0 Å². The normalized spacial score (nSPS) is 14.4. The van der Waals surface area contributed by atoms with E-state index in [1.165, 1.54) is 0 Å². The summed E-state index contributed by atoms with van der Waals surface area (Å²) >= 11 is 0. The number of rotatable bonds is 9. The number of nitrogen functional groups attached to an aromatic ring is 1. The number of hydrogen-bond acceptors (Lipinski definition) is 5. The summed E-state index contributed by atoms with van der Waals surface area (Å²) in [5.74, 6) is 0. The summed E-state index contributed by atoms with van der Waals surface area (Å²) in [6.07, 6.45) is -0.574. The second kappa shape index (κ2) is 8.92. The van der Waals surface area contributed by atoms with Crippen LogP contribution < -0.4 is 5.73 Å². The molecule has 114 valence electrons. The van der Waals surface area contributed by atoms with Crippen molar-refractivity contribution in [3.8, 4) is 0 Å². The second-order valence-corrected chi connectivity index (χ2v) is 4.98. The lowest BCUT2D eigenvalue weighted by molar-refractivity contribution is 0.0386. The number of benzene rings is 1. The van der Waals surface area contributed by atoms with Crippen molar-refractivity contribution in [3.05, 3.63) is 29.8 Å². The van der Waals surface area contributed by atoms with Gasteiger partial charge in [0.1, 0.15) is 0 Å². The van der Waals surface area contributed by atoms with Gasteiger partial charge in [0, 0.05) is 39.0 Å². The van der Waals surface area contributed by atoms with Crippen LogP contribution in [0.1, 0.15) is 18.6 Å². The molecule has 2 atom stereocenters. The van der Waals surface area contributed by atoms with Crippen molar-refractivity contribution in [2.24, 2.45) is 0 Å². The van der Waals surface area contributed by atoms with Crippen molar-refractivity contribution in [2.75, 3.05) is 46.3 Å². The van der Waals surface area contributed by atoms with Gasteiger partial charge in [-0.25, -0.2) is 0 Å². The maximum absolute atomic E-state index is 10.4. The minimum absolute atomic E-state index is 0.214. The van der Waals surface area contributed by atoms with E-state index < -0.39 is 6.10 Å². The van der Waals surface area contributed by atoms with Crippen molar-refractivity contribution < 1.29 is 14.6 Å². The summed E-state index contributed by atoms with van der Waals surface area (Å²) in [4.78, 5) is 2.15. The Kier molecular flexibility index (Phi) is 7.54. The third kappa shape index (κ3) is 5.46. The molecule has 5 heteroatoms. The van der Waals surface area contributed by atoms with Crippen LogP contribution in [0.25, 0.3) is 0 Å². The maximum atomic E-state index is 10.4. The Bertz CT molecular complexity index is 387. The van der Waals surface area contributed by atoms with E-state index in [0.29, 0.717) is 25.4 Å². The second-order valence-electron chi connectivity index (χ2n) is 4.98. The minimum Gasteiger partial charge on any atom is -0.399 e. The van der Waals surface area contributed by atoms with Crippen molar-refractivity contribution in [1.82, 2.24) is 4.90 Å². The van der Waals surface area contributed by atoms with Crippen molar-refractivity contribution in [3.63, 3.8) is 0 Å². The minimum atomic E-state index is -0.574. The highest BCUT2D eigenvalue weighted by molar-refractivity contribution is 5.41. The number of methoxy groups -OCH3 is 2. The number of aliphatic hydroxyl groups excluding tert-OH is 1. The number of hydrogen-bond donors (Lipinski definition) is 2. The third-order valence-corrected chi connectivity index (χ3v) is 3.32. The molecule has 1 aromatic carbocycles. The van der Waals surface area contributed by atoms with Gasteiger partial charge in [-0.1, -0.05) is 12.1 Å². The van der Waals surface area contributed by atoms with Gasteiger partial charge in [-0.15, -0.1) is 0 Å². The first-order valence-corrected chi connectivity index (χ1v) is 6.84. The van der Waals surface area contributed by atoms with Crippen LogP contribution in [-0.4, -0.2) is 56.6 Å². The van der Waals surface area contributed by atoms with Gasteiger partial charge in [-0.2, -0.15) is 0 Å². The molecule has 1 aromatic rings. The first-order chi connectivity index (χ1) is 9.58. The van der Waals surface area contributed by atoms with Gasteiger partial charge in [0.25, 0.3) is 0 Å². The number of ether oxygens (including phenoxy) is 2. The molecule has 0 saturated heterocycles. The number of anilines is 1. The summed E-state index contributed by atoms with van der Waals surface area (Å²) in [6.45, 7) is 4.59. The van der Waals surface area contributed by atoms with E-state index in [-0.39, 0.29) is 6.04 Å². The Morgan fingerprint density at radius 1 is 1.30 bits per heavy atom. The van der Waals surface area contributed by atoms with E-state index in [2.05, 4.69) is 11.8 Å². The lowest BCUT2D eigenvalue weighted by Crippen LogP contribution is -2.41. The van der Waals surface area contributed by atoms with Crippen molar-refractivity contribution in [1.29, 1.82) is 0 Å². The van der Waals surface area contributed by atoms with Gasteiger partial charge in [0.05, 0.1) is 19.3 Å². The molecule has 0 fully saturated rings. The molecule has 0 aliphatic carbocycles. The van der Waals surface area contributed by atoms with Gasteiger partial charge < -0.3 is 20.3 Å². The van der Waals surface area contributed by atoms with Crippen LogP contribution in [0.4, 0.5) is 5.69 Å². The molecule has 0 amide bonds. The molecule has 0 bridgehead atoms. The lowest BCUT2D eigenvalue weighted by atomic mass is 10.1. The van der Waals surface area contributed by atoms with Crippen LogP contribution in [0.2, 0.25) is 0 Å². The van der Waals surface area contributed by atoms with Crippen LogP contribution in [0.5, 0.6) is 0 Å². The average Bonchev–Trinajstić information content (AvgIpc) is 2.43. The van der Waals surface area contributed by atoms with Crippen molar-refractivity contribution in [2.45, 2.75) is 19.1 Å². The molecule has 5 nitrogen and oxygen atoms in total. The Balaban J connectivity index is 2.67. The first kappa shape index (κ1) is 16.9. The zero-order valence-electron chi connectivity index (χ0n) is 12.6. The van der Waals surface area contributed by atoms with E-state index >= 15 is 0 Å². The van der Waals surface area contributed by atoms with Gasteiger partial charge in [-0.05, 0) is 24.6 Å². The average molecular weight is 282 g/mol. The van der Waals surface area contributed by atoms with Crippen molar-refractivity contribution >= 4 is 5.69 Å². The Hall–Kier alpha value is -1.14. The molecule has 0 aromatic heterocycles. The quantitative estimate of drug-likeness (QED) is 0.668. The Morgan fingerprint density at radius 3 is 2.65 bits per heavy atom. The predicted octanol–water partition coefficient (Wildman–Crippen LogP) is 1.29. The zero-order valence-corrected chi connectivity index (χ0v) is 12.6. The molecule has 0 spiro atoms. The van der Waals surface area contributed by atoms with Crippen LogP contribution in [-0.2, 0) is 9.47 Å². The number of aliphatic hydroxyl groups is 1. The fourth-order valence-electron chi connectivity index (χ4n) is 2.14. The molecular weight excluding hydrogens is 256 g/mol. The molecule has 0 aliphatic rings. The number of nitrogens with zero attached hydrogens (tertiary/aromatic N) is 1. The predicted molar refractivity (Wildman–Crippen MR) is 80.6 cm³/mol. The highest BCUT2D eigenvalue weighted by atomic mass is 16.5. The highest BCUT2D eigenvalue weighted by Crippen LogP contribution is 2.18. The largest absolute Gasteiger partial charge is 0.399 e.